The van der Waals surface area contributed by atoms with Crippen molar-refractivity contribution in [3.8, 4) is 5.75 Å². The Morgan fingerprint density at radius 3 is 2.77 bits per heavy atom. The second kappa shape index (κ2) is 8.06. The lowest BCUT2D eigenvalue weighted by Crippen LogP contribution is -2.45. The molecule has 6 heteroatoms. The van der Waals surface area contributed by atoms with Crippen molar-refractivity contribution in [2.75, 3.05) is 13.6 Å². The van der Waals surface area contributed by atoms with Gasteiger partial charge in [-0.05, 0) is 19.9 Å². The average molecular weight is 436 g/mol. The number of aliphatic imine (C=N–C) groups is 1. The fraction of sp³-hybridized carbons (Fsp3) is 0.438. The van der Waals surface area contributed by atoms with Crippen molar-refractivity contribution in [1.82, 2.24) is 10.6 Å². The fourth-order valence-corrected chi connectivity index (χ4v) is 2.54. The first-order valence-electron chi connectivity index (χ1n) is 7.00. The molecule has 0 aromatic heterocycles. The first-order valence-corrected chi connectivity index (χ1v) is 7.37. The minimum atomic E-state index is -0.221. The molecule has 0 aliphatic carbocycles. The van der Waals surface area contributed by atoms with Crippen LogP contribution in [0.5, 0.6) is 5.75 Å². The Labute approximate surface area is 154 Å². The van der Waals surface area contributed by atoms with E-state index in [0.717, 1.165) is 17.7 Å². The van der Waals surface area contributed by atoms with E-state index in [1.165, 1.54) is 0 Å². The monoisotopic (exact) mass is 435 g/mol. The van der Waals surface area contributed by atoms with Crippen molar-refractivity contribution in [3.63, 3.8) is 0 Å². The zero-order valence-corrected chi connectivity index (χ0v) is 16.2. The lowest BCUT2D eigenvalue weighted by atomic mass is 9.90. The number of nitrogens with one attached hydrogen (secondary N) is 2. The lowest BCUT2D eigenvalue weighted by Gasteiger charge is -2.38. The highest BCUT2D eigenvalue weighted by Gasteiger charge is 2.33. The van der Waals surface area contributed by atoms with Gasteiger partial charge in [0.1, 0.15) is 11.4 Å². The van der Waals surface area contributed by atoms with Gasteiger partial charge in [0.15, 0.2) is 5.96 Å². The standard InChI is InChI=1S/C16H22ClN3O.HI/c1-11(17)10-19-15(18-4)20-13-9-16(2,3)21-14-8-6-5-7-12(13)14;/h5-8,13H,1,9-10H2,2-4H3,(H2,18,19,20);1H. The van der Waals surface area contributed by atoms with Crippen molar-refractivity contribution in [2.45, 2.75) is 31.9 Å². The summed E-state index contributed by atoms with van der Waals surface area (Å²) in [6, 6.07) is 8.23. The summed E-state index contributed by atoms with van der Waals surface area (Å²) >= 11 is 5.79. The van der Waals surface area contributed by atoms with E-state index in [4.69, 9.17) is 16.3 Å². The van der Waals surface area contributed by atoms with E-state index in [1.54, 1.807) is 7.05 Å². The third-order valence-corrected chi connectivity index (χ3v) is 3.49. The number of halogens is 2. The Bertz CT molecular complexity index is 560. The molecule has 0 saturated heterocycles. The zero-order chi connectivity index (χ0) is 15.5. The largest absolute Gasteiger partial charge is 0.487 e. The van der Waals surface area contributed by atoms with Crippen LogP contribution >= 0.6 is 35.6 Å². The second-order valence-corrected chi connectivity index (χ2v) is 6.28. The molecule has 2 N–H and O–H groups in total. The average Bonchev–Trinajstić information content (AvgIpc) is 2.41. The normalized spacial score (nSPS) is 19.3. The molecule has 2 rings (SSSR count). The molecule has 1 atom stereocenters. The van der Waals surface area contributed by atoms with Crippen LogP contribution in [0.2, 0.25) is 0 Å². The van der Waals surface area contributed by atoms with E-state index >= 15 is 0 Å². The smallest absolute Gasteiger partial charge is 0.191 e. The van der Waals surface area contributed by atoms with Crippen molar-refractivity contribution in [2.24, 2.45) is 4.99 Å². The third kappa shape index (κ3) is 5.05. The minimum absolute atomic E-state index is 0. The summed E-state index contributed by atoms with van der Waals surface area (Å²) < 4.78 is 6.03. The number of hydrogen-bond acceptors (Lipinski definition) is 2. The van der Waals surface area contributed by atoms with Crippen LogP contribution < -0.4 is 15.4 Å². The number of guanidine groups is 1. The summed E-state index contributed by atoms with van der Waals surface area (Å²) in [5, 5.41) is 7.12. The number of hydrogen-bond donors (Lipinski definition) is 2. The Hall–Kier alpha value is -0.950. The van der Waals surface area contributed by atoms with Gasteiger partial charge < -0.3 is 15.4 Å². The number of ether oxygens (including phenoxy) is 1. The first kappa shape index (κ1) is 19.1. The minimum Gasteiger partial charge on any atom is -0.487 e. The van der Waals surface area contributed by atoms with E-state index in [-0.39, 0.29) is 35.6 Å². The fourth-order valence-electron chi connectivity index (χ4n) is 2.47. The SMILES string of the molecule is C=C(Cl)CNC(=NC)NC1CC(C)(C)Oc2ccccc21.I. The van der Waals surface area contributed by atoms with Gasteiger partial charge >= 0.3 is 0 Å². The van der Waals surface area contributed by atoms with E-state index in [1.807, 2.05) is 18.2 Å². The molecule has 4 nitrogen and oxygen atoms in total. The molecule has 1 aliphatic heterocycles. The summed E-state index contributed by atoms with van der Waals surface area (Å²) in [5.74, 6) is 1.62. The second-order valence-electron chi connectivity index (χ2n) is 5.74. The number of fused-ring (bicyclic) bond motifs is 1. The van der Waals surface area contributed by atoms with Crippen molar-refractivity contribution in [1.29, 1.82) is 0 Å². The Morgan fingerprint density at radius 1 is 1.45 bits per heavy atom. The van der Waals surface area contributed by atoms with Gasteiger partial charge in [0.2, 0.25) is 0 Å². The summed E-state index contributed by atoms with van der Waals surface area (Å²) in [5.41, 5.74) is 0.922. The lowest BCUT2D eigenvalue weighted by molar-refractivity contribution is 0.0694. The maximum absolute atomic E-state index is 6.03. The Kier molecular flexibility index (Phi) is 6.99. The molecule has 1 aromatic carbocycles. The van der Waals surface area contributed by atoms with Crippen LogP contribution in [0, 0.1) is 0 Å². The molecule has 1 aromatic rings. The highest BCUT2D eigenvalue weighted by atomic mass is 127. The Morgan fingerprint density at radius 2 is 2.14 bits per heavy atom. The molecule has 0 bridgehead atoms. The van der Waals surface area contributed by atoms with E-state index < -0.39 is 0 Å². The van der Waals surface area contributed by atoms with Crippen LogP contribution in [0.1, 0.15) is 31.9 Å². The quantitative estimate of drug-likeness (QED) is 0.431. The molecule has 0 spiro atoms. The van der Waals surface area contributed by atoms with Gasteiger partial charge in [-0.15, -0.1) is 24.0 Å². The molecule has 0 radical (unpaired) electrons. The molecule has 0 fully saturated rings. The molecule has 0 amide bonds. The summed E-state index contributed by atoms with van der Waals surface area (Å²) in [6.07, 6.45) is 0.854. The van der Waals surface area contributed by atoms with Gasteiger partial charge in [-0.1, -0.05) is 36.4 Å². The number of nitrogens with zero attached hydrogens (tertiary/aromatic N) is 1. The summed E-state index contributed by atoms with van der Waals surface area (Å²) in [7, 11) is 1.74. The van der Waals surface area contributed by atoms with Crippen LogP contribution in [-0.4, -0.2) is 25.2 Å². The molecule has 1 heterocycles. The van der Waals surface area contributed by atoms with Crippen molar-refractivity contribution >= 4 is 41.5 Å². The van der Waals surface area contributed by atoms with E-state index in [2.05, 4.69) is 42.1 Å². The van der Waals surface area contributed by atoms with Crippen LogP contribution in [0.4, 0.5) is 0 Å². The molecule has 1 aliphatic rings. The predicted molar refractivity (Wildman–Crippen MR) is 103 cm³/mol. The molecule has 0 saturated carbocycles. The van der Waals surface area contributed by atoms with Gasteiger partial charge in [0, 0.05) is 24.1 Å². The first-order chi connectivity index (χ1) is 9.91. The van der Waals surface area contributed by atoms with Gasteiger partial charge in [0.05, 0.1) is 12.6 Å². The van der Waals surface area contributed by atoms with Gasteiger partial charge in [-0.25, -0.2) is 0 Å². The number of rotatable bonds is 3. The molecule has 1 unspecified atom stereocenters. The zero-order valence-electron chi connectivity index (χ0n) is 13.1. The van der Waals surface area contributed by atoms with Crippen molar-refractivity contribution in [3.05, 3.63) is 41.4 Å². The topological polar surface area (TPSA) is 45.7 Å². The highest BCUT2D eigenvalue weighted by Crippen LogP contribution is 2.39. The van der Waals surface area contributed by atoms with Gasteiger partial charge in [-0.2, -0.15) is 0 Å². The van der Waals surface area contributed by atoms with Gasteiger partial charge in [0.25, 0.3) is 0 Å². The van der Waals surface area contributed by atoms with E-state index in [0.29, 0.717) is 17.5 Å². The third-order valence-electron chi connectivity index (χ3n) is 3.36. The van der Waals surface area contributed by atoms with Crippen LogP contribution in [0.25, 0.3) is 0 Å². The van der Waals surface area contributed by atoms with Crippen LogP contribution in [-0.2, 0) is 0 Å². The molecular formula is C16H23ClIN3O. The number of benzene rings is 1. The molecule has 122 valence electrons. The predicted octanol–water partition coefficient (Wildman–Crippen LogP) is 3.82. The van der Waals surface area contributed by atoms with Crippen LogP contribution in [0.15, 0.2) is 40.9 Å². The highest BCUT2D eigenvalue weighted by molar-refractivity contribution is 14.0. The van der Waals surface area contributed by atoms with Crippen molar-refractivity contribution < 1.29 is 4.74 Å². The van der Waals surface area contributed by atoms with Crippen LogP contribution in [0.3, 0.4) is 0 Å². The Balaban J connectivity index is 0.00000242. The maximum Gasteiger partial charge on any atom is 0.191 e. The molecule has 22 heavy (non-hydrogen) atoms. The van der Waals surface area contributed by atoms with Gasteiger partial charge in [-0.3, -0.25) is 4.99 Å². The summed E-state index contributed by atoms with van der Waals surface area (Å²) in [6.45, 7) is 8.33. The van der Waals surface area contributed by atoms with E-state index in [9.17, 15) is 0 Å². The molecular weight excluding hydrogens is 413 g/mol. The maximum atomic E-state index is 6.03. The summed E-state index contributed by atoms with van der Waals surface area (Å²) in [4.78, 5) is 4.23. The number of para-hydroxylation sites is 1.